The van der Waals surface area contributed by atoms with Gasteiger partial charge in [0.15, 0.2) is 0 Å². The van der Waals surface area contributed by atoms with Gasteiger partial charge in [-0.15, -0.1) is 41.6 Å². The van der Waals surface area contributed by atoms with Crippen molar-refractivity contribution < 1.29 is 30.3 Å². The number of hydrogen-bond acceptors (Lipinski definition) is 5. The van der Waals surface area contributed by atoms with Gasteiger partial charge in [0.05, 0.1) is 12.2 Å². The number of rotatable bonds is 5. The van der Waals surface area contributed by atoms with Crippen LogP contribution in [0.1, 0.15) is 52.4 Å². The Labute approximate surface area is 258 Å². The number of hydrogen-bond donors (Lipinski definition) is 2. The molecule has 6 heteroatoms. The Kier molecular flexibility index (Phi) is 13.5. The van der Waals surface area contributed by atoms with Gasteiger partial charge in [0.25, 0.3) is 0 Å². The van der Waals surface area contributed by atoms with Gasteiger partial charge >= 0.3 is 20.1 Å². The van der Waals surface area contributed by atoms with E-state index in [4.69, 9.17) is 10.2 Å². The van der Waals surface area contributed by atoms with E-state index in [1.807, 2.05) is 60.8 Å². The zero-order valence-electron chi connectivity index (χ0n) is 23.9. The predicted molar refractivity (Wildman–Crippen MR) is 164 cm³/mol. The maximum atomic E-state index is 8.56. The maximum absolute atomic E-state index is 8.56. The van der Waals surface area contributed by atoms with Crippen molar-refractivity contribution >= 4 is 16.5 Å². The van der Waals surface area contributed by atoms with Crippen molar-refractivity contribution in [1.29, 1.82) is 0 Å². The Bertz CT molecular complexity index is 1300. The molecule has 2 heterocycles. The molecule has 1 aromatic heterocycles. The first kappa shape index (κ1) is 32.5. The van der Waals surface area contributed by atoms with Crippen molar-refractivity contribution in [3.63, 3.8) is 0 Å². The molecule has 41 heavy (non-hydrogen) atoms. The molecule has 2 unspecified atom stereocenters. The number of pyridine rings is 1. The number of aromatic nitrogens is 1. The summed E-state index contributed by atoms with van der Waals surface area (Å²) in [6.07, 6.45) is 12.7. The van der Waals surface area contributed by atoms with Gasteiger partial charge in [0, 0.05) is 12.2 Å². The van der Waals surface area contributed by atoms with Gasteiger partial charge in [-0.1, -0.05) is 43.5 Å². The van der Waals surface area contributed by atoms with Crippen molar-refractivity contribution in [2.24, 2.45) is 0 Å². The van der Waals surface area contributed by atoms with Gasteiger partial charge in [-0.3, -0.25) is 0 Å². The molecule has 2 atom stereocenters. The Morgan fingerprint density at radius 3 is 2.17 bits per heavy atom. The van der Waals surface area contributed by atoms with Gasteiger partial charge in [-0.2, -0.15) is 37.0 Å². The monoisotopic (exact) mass is 727 g/mol. The zero-order chi connectivity index (χ0) is 28.2. The van der Waals surface area contributed by atoms with E-state index in [0.717, 1.165) is 16.9 Å². The quantitative estimate of drug-likeness (QED) is 0.211. The van der Waals surface area contributed by atoms with E-state index in [-0.39, 0.29) is 32.3 Å². The molecule has 0 bridgehead atoms. The van der Waals surface area contributed by atoms with Crippen molar-refractivity contribution in [2.75, 3.05) is 4.90 Å². The van der Waals surface area contributed by atoms with Crippen LogP contribution in [-0.4, -0.2) is 38.3 Å². The maximum Gasteiger partial charge on any atom is 3.00 e. The summed E-state index contributed by atoms with van der Waals surface area (Å²) in [6.45, 7) is 5.52. The molecule has 5 nitrogen and oxygen atoms in total. The zero-order valence-corrected chi connectivity index (χ0v) is 26.3. The molecule has 0 radical (unpaired) electrons. The molecule has 0 saturated heterocycles. The summed E-state index contributed by atoms with van der Waals surface area (Å²) in [5.74, 6) is 0. The second-order valence-electron chi connectivity index (χ2n) is 10.4. The van der Waals surface area contributed by atoms with Crippen LogP contribution in [0.15, 0.2) is 97.5 Å². The number of aliphatic hydroxyl groups is 2. The van der Waals surface area contributed by atoms with Gasteiger partial charge in [0.2, 0.25) is 0 Å². The molecule has 1 fully saturated rings. The molecule has 2 aliphatic rings. The molecule has 1 saturated carbocycles. The van der Waals surface area contributed by atoms with Gasteiger partial charge in [-0.05, 0) is 68.0 Å². The second-order valence-corrected chi connectivity index (χ2v) is 10.4. The van der Waals surface area contributed by atoms with Crippen LogP contribution < -0.4 is 4.90 Å². The summed E-state index contributed by atoms with van der Waals surface area (Å²) in [5.41, 5.74) is 3.15. The van der Waals surface area contributed by atoms with E-state index >= 15 is 0 Å². The summed E-state index contributed by atoms with van der Waals surface area (Å²) < 4.78 is 0. The van der Waals surface area contributed by atoms with E-state index in [0.29, 0.717) is 12.5 Å². The van der Waals surface area contributed by atoms with Crippen LogP contribution in [0, 0.1) is 18.8 Å². The molecule has 216 valence electrons. The first-order valence-electron chi connectivity index (χ1n) is 14.2. The van der Waals surface area contributed by atoms with Crippen LogP contribution >= 0.6 is 0 Å². The van der Waals surface area contributed by atoms with E-state index in [2.05, 4.69) is 70.3 Å². The number of anilines is 1. The summed E-state index contributed by atoms with van der Waals surface area (Å²) in [7, 11) is 0. The van der Waals surface area contributed by atoms with Crippen molar-refractivity contribution in [3.8, 4) is 11.3 Å². The summed E-state index contributed by atoms with van der Waals surface area (Å²) in [6, 6.07) is 33.5. The molecule has 0 spiro atoms. The molecule has 6 rings (SSSR count). The van der Waals surface area contributed by atoms with Crippen LogP contribution in [0.5, 0.6) is 0 Å². The smallest absolute Gasteiger partial charge is 0.505 e. The second kappa shape index (κ2) is 17.1. The van der Waals surface area contributed by atoms with Crippen LogP contribution in [0.4, 0.5) is 5.69 Å². The predicted octanol–water partition coefficient (Wildman–Crippen LogP) is 7.37. The first-order chi connectivity index (χ1) is 19.5. The van der Waals surface area contributed by atoms with E-state index in [1.165, 1.54) is 42.9 Å². The molecule has 1 aliphatic heterocycles. The summed E-state index contributed by atoms with van der Waals surface area (Å²) in [4.78, 5) is 8.95. The summed E-state index contributed by atoms with van der Waals surface area (Å²) >= 11 is 0. The van der Waals surface area contributed by atoms with Crippen molar-refractivity contribution in [3.05, 3.63) is 116 Å². The molecular weight excluding hydrogens is 687 g/mol. The Morgan fingerprint density at radius 2 is 1.54 bits per heavy atom. The number of fused-ring (bicyclic) bond motifs is 1. The van der Waals surface area contributed by atoms with Crippen LogP contribution in [0.2, 0.25) is 0 Å². The third kappa shape index (κ3) is 10.1. The largest absolute Gasteiger partial charge is 3.00 e. The van der Waals surface area contributed by atoms with E-state index < -0.39 is 0 Å². The van der Waals surface area contributed by atoms with Gasteiger partial charge in [0.1, 0.15) is 0 Å². The standard InChI is InChI=1S/C15H18N2.C15H10N.C5H12O2.Ir/c1-3-7-14(8-4-1)16-11-12-17(13-16)15-9-5-2-6-10-15;1-2-7-13(8-3-1)15-14-9-5-4-6-12(14)10-11-16-15;1-4(6)3-5(2)7;/h1,3-4,7,11-13,15H,2,5-6,9-10H2;1-7,9-11H;4-7H,3H2,1-2H3;/q-2;-1;;+3. The third-order valence-electron chi connectivity index (χ3n) is 6.94. The minimum atomic E-state index is -0.375. The van der Waals surface area contributed by atoms with Crippen LogP contribution in [-0.2, 0) is 20.1 Å². The fourth-order valence-electron chi connectivity index (χ4n) is 5.02. The molecule has 3 aromatic carbocycles. The molecule has 4 aromatic rings. The van der Waals surface area contributed by atoms with Crippen molar-refractivity contribution in [2.45, 2.75) is 70.6 Å². The normalized spacial score (nSPS) is 16.1. The first-order valence-corrected chi connectivity index (χ1v) is 14.2. The molecule has 0 amide bonds. The number of benzene rings is 3. The third-order valence-corrected chi connectivity index (χ3v) is 6.94. The fraction of sp³-hybridized carbons (Fsp3) is 0.314. The average molecular weight is 727 g/mol. The molecule has 2 N–H and O–H groups in total. The van der Waals surface area contributed by atoms with Gasteiger partial charge in [-0.25, -0.2) is 0 Å². The molecular formula is C35H40IrN3O2. The SMILES string of the molecule is CC(O)CC(C)O.[Ir+3].[c-]1ccccc1-c1nccc2ccccc12.[c-]1ccccc1N1C=CN(C2CCCCC2)[CH-]1. The molecule has 1 aliphatic carbocycles. The minimum absolute atomic E-state index is 0. The van der Waals surface area contributed by atoms with E-state index in [9.17, 15) is 0 Å². The fourth-order valence-corrected chi connectivity index (χ4v) is 5.02. The van der Waals surface area contributed by atoms with Crippen LogP contribution in [0.3, 0.4) is 0 Å². The topological polar surface area (TPSA) is 59.8 Å². The minimum Gasteiger partial charge on any atom is -0.505 e. The van der Waals surface area contributed by atoms with Gasteiger partial charge < -0.3 is 25.0 Å². The van der Waals surface area contributed by atoms with Crippen LogP contribution in [0.25, 0.3) is 22.0 Å². The Balaban J connectivity index is 0.000000181. The Morgan fingerprint density at radius 1 is 0.854 bits per heavy atom. The Hall–Kier alpha value is -3.02. The van der Waals surface area contributed by atoms with Crippen molar-refractivity contribution in [1.82, 2.24) is 9.88 Å². The average Bonchev–Trinajstić information content (AvgIpc) is 3.49. The van der Waals surface area contributed by atoms with E-state index in [1.54, 1.807) is 13.8 Å². The number of aliphatic hydroxyl groups excluding tert-OH is 2. The summed E-state index contributed by atoms with van der Waals surface area (Å²) in [5, 5.41) is 19.5. The number of nitrogens with zero attached hydrogens (tertiary/aromatic N) is 3. The number of para-hydroxylation sites is 1.